The summed E-state index contributed by atoms with van der Waals surface area (Å²) in [5.41, 5.74) is 0.791. The topological polar surface area (TPSA) is 87.9 Å². The molecule has 1 N–H and O–H groups in total. The molecule has 1 aliphatic heterocycles. The molecule has 2 aromatic rings. The lowest BCUT2D eigenvalue weighted by Gasteiger charge is -2.58. The third kappa shape index (κ3) is 5.18. The van der Waals surface area contributed by atoms with Crippen molar-refractivity contribution >= 4 is 29.3 Å². The molecule has 1 aromatic carbocycles. The van der Waals surface area contributed by atoms with Crippen LogP contribution in [0, 0.1) is 23.7 Å². The van der Waals surface area contributed by atoms with Crippen LogP contribution >= 0.6 is 11.6 Å². The van der Waals surface area contributed by atoms with Gasteiger partial charge in [-0.25, -0.2) is 4.79 Å². The number of hydrogen-bond donors (Lipinski definition) is 1. The fourth-order valence-corrected chi connectivity index (χ4v) is 8.60. The minimum Gasteiger partial charge on any atom is -0.445 e. The molecule has 1 saturated heterocycles. The maximum absolute atomic E-state index is 13.5. The zero-order chi connectivity index (χ0) is 27.3. The van der Waals surface area contributed by atoms with Crippen molar-refractivity contribution in [1.29, 1.82) is 0 Å². The minimum atomic E-state index is -0.504. The van der Waals surface area contributed by atoms with Crippen molar-refractivity contribution in [3.05, 3.63) is 46.6 Å². The zero-order valence-corrected chi connectivity index (χ0v) is 23.6. The maximum atomic E-state index is 13.5. The van der Waals surface area contributed by atoms with Gasteiger partial charge in [-0.05, 0) is 74.2 Å². The summed E-state index contributed by atoms with van der Waals surface area (Å²) in [6, 6.07) is 9.71. The molecule has 5 fully saturated rings. The molecular weight excluding hydrogens is 516 g/mol. The minimum absolute atomic E-state index is 0.00512. The Morgan fingerprint density at radius 3 is 2.59 bits per heavy atom. The summed E-state index contributed by atoms with van der Waals surface area (Å²) in [6.45, 7) is 1.42. The number of aromatic nitrogens is 2. The number of aliphatic hydroxyl groups is 1. The highest BCUT2D eigenvalue weighted by molar-refractivity contribution is 6.36. The number of carbonyl (C=O) groups excluding carboxylic acids is 2. The fourth-order valence-electron chi connectivity index (χ4n) is 8.20. The summed E-state index contributed by atoms with van der Waals surface area (Å²) in [6.07, 6.45) is 6.74. The molecule has 1 amide bonds. The quantitative estimate of drug-likeness (QED) is 0.481. The highest BCUT2D eigenvalue weighted by atomic mass is 35.5. The number of anilines is 1. The van der Waals surface area contributed by atoms with Crippen LogP contribution in [0.15, 0.2) is 30.3 Å². The highest BCUT2D eigenvalue weighted by Crippen LogP contribution is 2.59. The van der Waals surface area contributed by atoms with Crippen LogP contribution < -0.4 is 4.90 Å². The second kappa shape index (κ2) is 10.4. The summed E-state index contributed by atoms with van der Waals surface area (Å²) < 4.78 is 7.26. The maximum Gasteiger partial charge on any atom is 0.410 e. The lowest BCUT2D eigenvalue weighted by Crippen LogP contribution is -2.54. The molecule has 7 rings (SSSR count). The van der Waals surface area contributed by atoms with Crippen LogP contribution in [0.1, 0.15) is 67.4 Å². The number of rotatable bonds is 7. The van der Waals surface area contributed by atoms with E-state index in [0.29, 0.717) is 59.7 Å². The normalized spacial score (nSPS) is 31.4. The third-order valence-corrected chi connectivity index (χ3v) is 10.2. The Morgan fingerprint density at radius 2 is 1.90 bits per heavy atom. The largest absolute Gasteiger partial charge is 0.445 e. The van der Waals surface area contributed by atoms with E-state index in [0.717, 1.165) is 50.5 Å². The predicted octanol–water partition coefficient (Wildman–Crippen LogP) is 5.07. The Bertz CT molecular complexity index is 1220. The van der Waals surface area contributed by atoms with Crippen LogP contribution in [0.5, 0.6) is 0 Å². The number of likely N-dealkylation sites (N-methyl/N-ethyl adjacent to an activating group) is 1. The van der Waals surface area contributed by atoms with Crippen molar-refractivity contribution in [2.24, 2.45) is 30.7 Å². The van der Waals surface area contributed by atoms with E-state index in [9.17, 15) is 14.7 Å². The molecule has 0 radical (unpaired) electrons. The number of likely N-dealkylation sites (tertiary alicyclic amines) is 1. The number of ether oxygens (including phenoxy) is 1. The molecule has 9 heteroatoms. The smallest absolute Gasteiger partial charge is 0.410 e. The second-order valence-electron chi connectivity index (χ2n) is 12.5. The first-order valence-electron chi connectivity index (χ1n) is 14.4. The van der Waals surface area contributed by atoms with E-state index in [4.69, 9.17) is 16.3 Å². The third-order valence-electron chi connectivity index (χ3n) is 9.82. The Kier molecular flexibility index (Phi) is 7.12. The van der Waals surface area contributed by atoms with Gasteiger partial charge in [-0.15, -0.1) is 0 Å². The second-order valence-corrected chi connectivity index (χ2v) is 12.9. The molecule has 2 heterocycles. The van der Waals surface area contributed by atoms with Gasteiger partial charge in [-0.2, -0.15) is 5.10 Å². The SMILES string of the molecule is CN(c1c(Cl)c(C(=O)CC2C3CC4CC2CC(O)(C4)C3)nn1C)[C@H]1CCCN(C(=O)OCc2ccccc2)C1. The van der Waals surface area contributed by atoms with Crippen LogP contribution in [0.25, 0.3) is 0 Å². The van der Waals surface area contributed by atoms with Crippen molar-refractivity contribution in [3.63, 3.8) is 0 Å². The number of amides is 1. The Balaban J connectivity index is 1.10. The summed E-state index contributed by atoms with van der Waals surface area (Å²) in [7, 11) is 3.78. The number of ketones is 1. The molecule has 4 bridgehead atoms. The molecule has 5 aliphatic rings. The Hall–Kier alpha value is -2.58. The lowest BCUT2D eigenvalue weighted by molar-refractivity contribution is -0.151. The van der Waals surface area contributed by atoms with Gasteiger partial charge < -0.3 is 19.6 Å². The van der Waals surface area contributed by atoms with Crippen LogP contribution in [0.3, 0.4) is 0 Å². The van der Waals surface area contributed by atoms with Gasteiger partial charge in [0.15, 0.2) is 5.78 Å². The molecular formula is C30H39ClN4O4. The Labute approximate surface area is 235 Å². The molecule has 0 spiro atoms. The van der Waals surface area contributed by atoms with Crippen molar-refractivity contribution in [2.45, 2.75) is 69.6 Å². The molecule has 1 aromatic heterocycles. The number of aryl methyl sites for hydroxylation is 1. The van der Waals surface area contributed by atoms with Crippen molar-refractivity contribution in [1.82, 2.24) is 14.7 Å². The van der Waals surface area contributed by atoms with E-state index in [1.807, 2.05) is 44.4 Å². The average Bonchev–Trinajstić information content (AvgIpc) is 3.22. The van der Waals surface area contributed by atoms with E-state index in [1.54, 1.807) is 9.58 Å². The van der Waals surface area contributed by atoms with E-state index >= 15 is 0 Å². The monoisotopic (exact) mass is 554 g/mol. The Morgan fingerprint density at radius 1 is 1.18 bits per heavy atom. The summed E-state index contributed by atoms with van der Waals surface area (Å²) in [5.74, 6) is 2.46. The zero-order valence-electron chi connectivity index (χ0n) is 22.9. The van der Waals surface area contributed by atoms with Crippen molar-refractivity contribution in [2.75, 3.05) is 25.0 Å². The van der Waals surface area contributed by atoms with Crippen LogP contribution in [-0.2, 0) is 18.4 Å². The van der Waals surface area contributed by atoms with Gasteiger partial charge in [0.1, 0.15) is 23.1 Å². The van der Waals surface area contributed by atoms with E-state index < -0.39 is 5.60 Å². The van der Waals surface area contributed by atoms with Crippen molar-refractivity contribution in [3.8, 4) is 0 Å². The lowest BCUT2D eigenvalue weighted by atomic mass is 9.49. The number of carbonyl (C=O) groups is 2. The number of benzene rings is 1. The number of Topliss-reactive ketones (excluding diaryl/α,β-unsaturated/α-hetero) is 1. The van der Waals surface area contributed by atoms with E-state index in [1.165, 1.54) is 0 Å². The van der Waals surface area contributed by atoms with Crippen LogP contribution in [0.2, 0.25) is 5.02 Å². The summed E-state index contributed by atoms with van der Waals surface area (Å²) in [4.78, 5) is 30.1. The van der Waals surface area contributed by atoms with Gasteiger partial charge in [-0.3, -0.25) is 9.48 Å². The number of halogens is 1. The first-order valence-corrected chi connectivity index (χ1v) is 14.7. The molecule has 8 nitrogen and oxygen atoms in total. The molecule has 210 valence electrons. The average molecular weight is 555 g/mol. The molecule has 39 heavy (non-hydrogen) atoms. The van der Waals surface area contributed by atoms with Gasteiger partial charge in [0.2, 0.25) is 0 Å². The highest BCUT2D eigenvalue weighted by Gasteiger charge is 2.55. The van der Waals surface area contributed by atoms with E-state index in [2.05, 4.69) is 10.00 Å². The van der Waals surface area contributed by atoms with Gasteiger partial charge in [-0.1, -0.05) is 41.9 Å². The van der Waals surface area contributed by atoms with E-state index in [-0.39, 0.29) is 24.5 Å². The molecule has 2 unspecified atom stereocenters. The van der Waals surface area contributed by atoms with Gasteiger partial charge in [0.25, 0.3) is 0 Å². The molecule has 4 saturated carbocycles. The summed E-state index contributed by atoms with van der Waals surface area (Å²) >= 11 is 6.85. The predicted molar refractivity (Wildman–Crippen MR) is 149 cm³/mol. The van der Waals surface area contributed by atoms with Crippen LogP contribution in [-0.4, -0.2) is 63.4 Å². The number of nitrogens with zero attached hydrogens (tertiary/aromatic N) is 4. The number of piperidine rings is 1. The van der Waals surface area contributed by atoms with Crippen molar-refractivity contribution < 1.29 is 19.4 Å². The first kappa shape index (κ1) is 26.6. The van der Waals surface area contributed by atoms with Gasteiger partial charge in [0, 0.05) is 39.6 Å². The summed E-state index contributed by atoms with van der Waals surface area (Å²) in [5, 5.41) is 15.9. The molecule has 4 aliphatic carbocycles. The number of hydrogen-bond acceptors (Lipinski definition) is 6. The standard InChI is InChI=1S/C30H39ClN4O4/c1-33(23-9-6-10-35(17-23)29(37)39-18-19-7-4-3-5-8-19)28-26(31)27(32-34(28)2)25(36)13-24-21-11-20-12-22(24)16-30(38,14-20)15-21/h3-5,7-8,20-24,38H,6,9-18H2,1-2H3/t20?,21?,22?,23-,24?,30?/m0/s1. The van der Waals surface area contributed by atoms with Gasteiger partial charge in [0.05, 0.1) is 5.60 Å². The van der Waals surface area contributed by atoms with Gasteiger partial charge >= 0.3 is 6.09 Å². The molecule has 3 atom stereocenters. The first-order chi connectivity index (χ1) is 18.7. The van der Waals surface area contributed by atoms with Crippen LogP contribution in [0.4, 0.5) is 10.6 Å². The fraction of sp³-hybridized carbons (Fsp3) is 0.633.